The normalized spacial score (nSPS) is 26.0. The van der Waals surface area contributed by atoms with Gasteiger partial charge in [-0.2, -0.15) is 0 Å². The lowest BCUT2D eigenvalue weighted by Gasteiger charge is -2.50. The van der Waals surface area contributed by atoms with Gasteiger partial charge in [-0.15, -0.1) is 0 Å². The van der Waals surface area contributed by atoms with Gasteiger partial charge in [-0.05, 0) is 67.6 Å². The maximum absolute atomic E-state index is 14.2. The first-order valence-corrected chi connectivity index (χ1v) is 22.7. The second-order valence-corrected chi connectivity index (χ2v) is 16.6. The zero-order valence-electron chi connectivity index (χ0n) is 37.7. The van der Waals surface area contributed by atoms with Crippen molar-refractivity contribution in [3.63, 3.8) is 0 Å². The molecule has 3 aliphatic heterocycles. The Labute approximate surface area is 403 Å². The Kier molecular flexibility index (Phi) is 15.1. The van der Waals surface area contributed by atoms with Crippen molar-refractivity contribution in [3.05, 3.63) is 215 Å². The smallest absolute Gasteiger partial charge is 0.338 e. The molecule has 358 valence electrons. The van der Waals surface area contributed by atoms with E-state index in [9.17, 15) is 24.0 Å². The van der Waals surface area contributed by atoms with Crippen LogP contribution in [0.4, 0.5) is 0 Å². The first-order chi connectivity index (χ1) is 34.2. The largest absolute Gasteiger partial charge is 0.459 e. The van der Waals surface area contributed by atoms with Gasteiger partial charge in [0.2, 0.25) is 0 Å². The highest BCUT2D eigenvalue weighted by atomic mass is 16.8. The maximum Gasteiger partial charge on any atom is 0.338 e. The summed E-state index contributed by atoms with van der Waals surface area (Å²) in [7, 11) is 0. The number of ether oxygens (including phenoxy) is 10. The average Bonchev–Trinajstić information content (AvgIpc) is 3.41. The third-order valence-corrected chi connectivity index (χ3v) is 11.9. The molecule has 6 aromatic rings. The average molecular weight is 949 g/mol. The van der Waals surface area contributed by atoms with Gasteiger partial charge in [-0.25, -0.2) is 24.0 Å². The van der Waals surface area contributed by atoms with Gasteiger partial charge >= 0.3 is 29.8 Å². The number of benzene rings is 6. The summed E-state index contributed by atoms with van der Waals surface area (Å²) in [6, 6.07) is 50.1. The van der Waals surface area contributed by atoms with Gasteiger partial charge in [0.15, 0.2) is 37.0 Å². The molecule has 15 nitrogen and oxygen atoms in total. The van der Waals surface area contributed by atoms with Crippen molar-refractivity contribution in [1.82, 2.24) is 0 Å². The molecular weight excluding hydrogens is 901 g/mol. The molecule has 0 N–H and O–H groups in total. The third kappa shape index (κ3) is 11.2. The van der Waals surface area contributed by atoms with Crippen LogP contribution in [0.5, 0.6) is 0 Å². The van der Waals surface area contributed by atoms with Crippen molar-refractivity contribution in [2.45, 2.75) is 74.4 Å². The van der Waals surface area contributed by atoms with Gasteiger partial charge in [0.1, 0.15) is 31.0 Å². The Morgan fingerprint density at radius 1 is 0.443 bits per heavy atom. The fourth-order valence-corrected chi connectivity index (χ4v) is 8.42. The lowest BCUT2D eigenvalue weighted by molar-refractivity contribution is -0.376. The molecular formula is C55H48O15. The number of esters is 5. The molecule has 0 saturated carbocycles. The molecule has 0 aromatic heterocycles. The van der Waals surface area contributed by atoms with Gasteiger partial charge < -0.3 is 47.4 Å². The van der Waals surface area contributed by atoms with Gasteiger partial charge in [-0.3, -0.25) is 0 Å². The van der Waals surface area contributed by atoms with E-state index in [2.05, 4.69) is 0 Å². The van der Waals surface area contributed by atoms with Crippen molar-refractivity contribution >= 4 is 29.8 Å². The monoisotopic (exact) mass is 948 g/mol. The molecule has 9 rings (SSSR count). The SMILES string of the molecule is C[C@@H]1O[C@@H](COC(=O)c2ccccc2)[C@@H](O[C@H]2O[C@H]3COC(c4ccccc4)O[C@H]3C(OC(=O)c3ccccc3)C2OC(=O)c2ccccc2)C(OC(=O)c2ccccc2)C1OC(=O)c1ccccc1. The summed E-state index contributed by atoms with van der Waals surface area (Å²) in [5, 5.41) is 0. The molecule has 3 heterocycles. The highest BCUT2D eigenvalue weighted by Crippen LogP contribution is 2.40. The molecule has 70 heavy (non-hydrogen) atoms. The molecule has 0 radical (unpaired) electrons. The van der Waals surface area contributed by atoms with E-state index in [1.54, 1.807) is 159 Å². The molecule has 3 saturated heterocycles. The van der Waals surface area contributed by atoms with Crippen LogP contribution in [0.2, 0.25) is 0 Å². The predicted molar refractivity (Wildman–Crippen MR) is 247 cm³/mol. The summed E-state index contributed by atoms with van der Waals surface area (Å²) in [5.41, 5.74) is 1.59. The standard InChI is InChI=1S/C55H48O15/c1-34-43(65-50(57)36-22-10-3-11-23-36)46(66-51(58)37-24-12-4-13-25-37)44(41(63-34)32-61-49(56)35-20-8-2-9-21-35)70-55-48(68-53(60)39-28-16-6-17-29-39)47(67-52(59)38-26-14-5-15-27-38)45-42(64-55)33-62-54(69-45)40-30-18-7-19-31-40/h2-31,34,41-48,54-55H,32-33H2,1H3/t34-,41-,42-,43?,44+,45+,46?,47?,48?,54?,55+/m0/s1. The first kappa shape index (κ1) is 47.5. The zero-order valence-corrected chi connectivity index (χ0v) is 37.7. The van der Waals surface area contributed by atoms with Crippen LogP contribution in [0.3, 0.4) is 0 Å². The number of hydrogen-bond acceptors (Lipinski definition) is 15. The molecule has 15 heteroatoms. The van der Waals surface area contributed by atoms with E-state index in [0.717, 1.165) is 0 Å². The lowest BCUT2D eigenvalue weighted by atomic mass is 9.93. The van der Waals surface area contributed by atoms with Gasteiger partial charge in [0.05, 0.1) is 40.5 Å². The molecule has 0 spiro atoms. The van der Waals surface area contributed by atoms with Crippen LogP contribution in [-0.2, 0) is 47.4 Å². The Bertz CT molecular complexity index is 2690. The molecule has 0 bridgehead atoms. The molecule has 0 aliphatic carbocycles. The van der Waals surface area contributed by atoms with E-state index >= 15 is 0 Å². The quantitative estimate of drug-likeness (QED) is 0.0764. The van der Waals surface area contributed by atoms with Crippen LogP contribution >= 0.6 is 0 Å². The summed E-state index contributed by atoms with van der Waals surface area (Å²) in [4.78, 5) is 70.0. The second kappa shape index (κ2) is 22.3. The number of fused-ring (bicyclic) bond motifs is 1. The highest BCUT2D eigenvalue weighted by Gasteiger charge is 2.58. The third-order valence-electron chi connectivity index (χ3n) is 11.9. The lowest BCUT2D eigenvalue weighted by Crippen LogP contribution is -2.67. The zero-order chi connectivity index (χ0) is 48.4. The Balaban J connectivity index is 1.13. The fraction of sp³-hybridized carbons (Fsp3) is 0.255. The van der Waals surface area contributed by atoms with Gasteiger partial charge in [0, 0.05) is 5.56 Å². The van der Waals surface area contributed by atoms with Crippen molar-refractivity contribution in [2.75, 3.05) is 13.2 Å². The topological polar surface area (TPSA) is 178 Å². The first-order valence-electron chi connectivity index (χ1n) is 22.7. The molecule has 5 unspecified atom stereocenters. The predicted octanol–water partition coefficient (Wildman–Crippen LogP) is 7.76. The minimum Gasteiger partial charge on any atom is -0.459 e. The molecule has 3 aliphatic rings. The summed E-state index contributed by atoms with van der Waals surface area (Å²) in [5.74, 6) is -3.90. The van der Waals surface area contributed by atoms with Crippen molar-refractivity contribution < 1.29 is 71.3 Å². The summed E-state index contributed by atoms with van der Waals surface area (Å²) >= 11 is 0. The number of hydrogen-bond donors (Lipinski definition) is 0. The van der Waals surface area contributed by atoms with Gasteiger partial charge in [-0.1, -0.05) is 121 Å². The summed E-state index contributed by atoms with van der Waals surface area (Å²) in [6.45, 7) is 1.01. The minimum absolute atomic E-state index is 0.122. The number of carbonyl (C=O) groups excluding carboxylic acids is 5. The molecule has 6 aromatic carbocycles. The number of rotatable bonds is 14. The second-order valence-electron chi connectivity index (χ2n) is 16.6. The van der Waals surface area contributed by atoms with Crippen molar-refractivity contribution in [1.29, 1.82) is 0 Å². The Hall–Kier alpha value is -7.53. The van der Waals surface area contributed by atoms with E-state index in [1.807, 2.05) is 30.3 Å². The van der Waals surface area contributed by atoms with E-state index < -0.39 is 104 Å². The minimum atomic E-state index is -1.69. The van der Waals surface area contributed by atoms with Crippen LogP contribution in [0, 0.1) is 0 Å². The maximum atomic E-state index is 14.2. The van der Waals surface area contributed by atoms with Crippen LogP contribution in [0.1, 0.15) is 70.6 Å². The summed E-state index contributed by atoms with van der Waals surface area (Å²) < 4.78 is 63.9. The molecule has 11 atom stereocenters. The summed E-state index contributed by atoms with van der Waals surface area (Å²) in [6.07, 6.45) is -14.6. The van der Waals surface area contributed by atoms with Crippen molar-refractivity contribution in [3.8, 4) is 0 Å². The number of carbonyl (C=O) groups is 5. The van der Waals surface area contributed by atoms with E-state index in [0.29, 0.717) is 5.56 Å². The van der Waals surface area contributed by atoms with Crippen molar-refractivity contribution in [2.24, 2.45) is 0 Å². The fourth-order valence-electron chi connectivity index (χ4n) is 8.42. The van der Waals surface area contributed by atoms with Crippen LogP contribution < -0.4 is 0 Å². The van der Waals surface area contributed by atoms with Crippen LogP contribution in [-0.4, -0.2) is 104 Å². The Morgan fingerprint density at radius 2 is 0.843 bits per heavy atom. The molecule has 0 amide bonds. The van der Waals surface area contributed by atoms with E-state index in [-0.39, 0.29) is 34.4 Å². The van der Waals surface area contributed by atoms with E-state index in [1.165, 1.54) is 0 Å². The van der Waals surface area contributed by atoms with Crippen LogP contribution in [0.25, 0.3) is 0 Å². The van der Waals surface area contributed by atoms with Gasteiger partial charge in [0.25, 0.3) is 0 Å². The Morgan fingerprint density at radius 3 is 1.31 bits per heavy atom. The van der Waals surface area contributed by atoms with E-state index in [4.69, 9.17) is 47.4 Å². The molecule has 3 fully saturated rings. The van der Waals surface area contributed by atoms with Crippen LogP contribution in [0.15, 0.2) is 182 Å². The highest BCUT2D eigenvalue weighted by molar-refractivity contribution is 5.92.